The van der Waals surface area contributed by atoms with Gasteiger partial charge in [0.15, 0.2) is 6.61 Å². The molecular weight excluding hydrogens is 321 g/mol. The smallest absolute Gasteiger partial charge is 0.310 e. The van der Waals surface area contributed by atoms with Crippen LogP contribution in [0.25, 0.3) is 0 Å². The summed E-state index contributed by atoms with van der Waals surface area (Å²) in [7, 11) is 0. The van der Waals surface area contributed by atoms with Crippen molar-refractivity contribution in [2.75, 3.05) is 11.9 Å². The third-order valence-corrected chi connectivity index (χ3v) is 3.35. The Hall–Kier alpha value is -2.40. The summed E-state index contributed by atoms with van der Waals surface area (Å²) in [6.07, 6.45) is 0.0882. The molecule has 0 spiro atoms. The van der Waals surface area contributed by atoms with Gasteiger partial charge in [0.2, 0.25) is 0 Å². The summed E-state index contributed by atoms with van der Waals surface area (Å²) in [5.74, 6) is -1.55. The Morgan fingerprint density at radius 1 is 1.17 bits per heavy atom. The maximum atomic E-state index is 12.9. The van der Waals surface area contributed by atoms with Crippen molar-refractivity contribution in [1.82, 2.24) is 0 Å². The number of amides is 1. The van der Waals surface area contributed by atoms with Crippen LogP contribution in [0.4, 0.5) is 10.1 Å². The Kier molecular flexibility index (Phi) is 5.71. The SMILES string of the molecule is Cc1ccc(CC(=O)OCC(=O)Nc2ccc(F)cc2Cl)cc1. The number of anilines is 1. The normalized spacial score (nSPS) is 10.2. The summed E-state index contributed by atoms with van der Waals surface area (Å²) in [6.45, 7) is 1.52. The number of ether oxygens (including phenoxy) is 1. The molecule has 23 heavy (non-hydrogen) atoms. The summed E-state index contributed by atoms with van der Waals surface area (Å²) in [5, 5.41) is 2.52. The zero-order chi connectivity index (χ0) is 16.8. The monoisotopic (exact) mass is 335 g/mol. The van der Waals surface area contributed by atoms with E-state index < -0.39 is 24.3 Å². The van der Waals surface area contributed by atoms with Crippen molar-refractivity contribution >= 4 is 29.2 Å². The molecule has 0 aliphatic carbocycles. The molecule has 0 unspecified atom stereocenters. The zero-order valence-electron chi connectivity index (χ0n) is 12.4. The summed E-state index contributed by atoms with van der Waals surface area (Å²) < 4.78 is 17.8. The van der Waals surface area contributed by atoms with Crippen LogP contribution in [-0.2, 0) is 20.7 Å². The predicted molar refractivity (Wildman–Crippen MR) is 85.9 cm³/mol. The Balaban J connectivity index is 1.81. The molecule has 6 heteroatoms. The molecule has 0 aromatic heterocycles. The number of benzene rings is 2. The topological polar surface area (TPSA) is 55.4 Å². The molecule has 2 aromatic carbocycles. The number of rotatable bonds is 5. The van der Waals surface area contributed by atoms with Crippen molar-refractivity contribution < 1.29 is 18.7 Å². The van der Waals surface area contributed by atoms with Crippen LogP contribution in [0.5, 0.6) is 0 Å². The van der Waals surface area contributed by atoms with E-state index in [9.17, 15) is 14.0 Å². The van der Waals surface area contributed by atoms with Crippen molar-refractivity contribution in [2.45, 2.75) is 13.3 Å². The molecule has 120 valence electrons. The third-order valence-electron chi connectivity index (χ3n) is 3.04. The molecule has 2 rings (SSSR count). The van der Waals surface area contributed by atoms with Crippen LogP contribution >= 0.6 is 11.6 Å². The van der Waals surface area contributed by atoms with Crippen LogP contribution in [0.15, 0.2) is 42.5 Å². The fourth-order valence-corrected chi connectivity index (χ4v) is 2.06. The summed E-state index contributed by atoms with van der Waals surface area (Å²) >= 11 is 5.79. The molecule has 0 radical (unpaired) electrons. The lowest BCUT2D eigenvalue weighted by Gasteiger charge is -2.08. The Labute approximate surface area is 138 Å². The molecular formula is C17H15ClFNO3. The lowest BCUT2D eigenvalue weighted by atomic mass is 10.1. The molecule has 0 saturated carbocycles. The lowest BCUT2D eigenvalue weighted by molar-refractivity contribution is -0.146. The Bertz CT molecular complexity index is 716. The predicted octanol–water partition coefficient (Wildman–Crippen LogP) is 3.51. The highest BCUT2D eigenvalue weighted by Gasteiger charge is 2.10. The molecule has 2 aromatic rings. The first kappa shape index (κ1) is 17.0. The maximum absolute atomic E-state index is 12.9. The zero-order valence-corrected chi connectivity index (χ0v) is 13.2. The largest absolute Gasteiger partial charge is 0.455 e. The van der Waals surface area contributed by atoms with E-state index in [0.29, 0.717) is 0 Å². The first-order valence-corrected chi connectivity index (χ1v) is 7.28. The van der Waals surface area contributed by atoms with Gasteiger partial charge in [0.25, 0.3) is 5.91 Å². The minimum Gasteiger partial charge on any atom is -0.455 e. The van der Waals surface area contributed by atoms with Crippen LogP contribution in [0.1, 0.15) is 11.1 Å². The summed E-state index contributed by atoms with van der Waals surface area (Å²) in [5.41, 5.74) is 2.16. The summed E-state index contributed by atoms with van der Waals surface area (Å²) in [6, 6.07) is 11.0. The van der Waals surface area contributed by atoms with E-state index in [1.54, 1.807) is 0 Å². The van der Waals surface area contributed by atoms with Crippen molar-refractivity contribution in [3.63, 3.8) is 0 Å². The van der Waals surface area contributed by atoms with E-state index in [0.717, 1.165) is 17.2 Å². The maximum Gasteiger partial charge on any atom is 0.310 e. The highest BCUT2D eigenvalue weighted by atomic mass is 35.5. The van der Waals surface area contributed by atoms with E-state index in [4.69, 9.17) is 16.3 Å². The van der Waals surface area contributed by atoms with Gasteiger partial charge in [-0.2, -0.15) is 0 Å². The molecule has 0 saturated heterocycles. The van der Waals surface area contributed by atoms with Gasteiger partial charge in [-0.15, -0.1) is 0 Å². The molecule has 1 N–H and O–H groups in total. The van der Waals surface area contributed by atoms with E-state index in [1.165, 1.54) is 12.1 Å². The van der Waals surface area contributed by atoms with Crippen LogP contribution in [0.2, 0.25) is 5.02 Å². The summed E-state index contributed by atoms with van der Waals surface area (Å²) in [4.78, 5) is 23.4. The lowest BCUT2D eigenvalue weighted by Crippen LogP contribution is -2.21. The van der Waals surface area contributed by atoms with E-state index in [-0.39, 0.29) is 17.1 Å². The van der Waals surface area contributed by atoms with Crippen LogP contribution in [0, 0.1) is 12.7 Å². The van der Waals surface area contributed by atoms with E-state index in [2.05, 4.69) is 5.32 Å². The standard InChI is InChI=1S/C17H15ClFNO3/c1-11-2-4-12(5-3-11)8-17(22)23-10-16(21)20-15-7-6-13(19)9-14(15)18/h2-7,9H,8,10H2,1H3,(H,20,21). The van der Waals surface area contributed by atoms with Crippen molar-refractivity contribution in [2.24, 2.45) is 0 Å². The average Bonchev–Trinajstić information content (AvgIpc) is 2.50. The molecule has 0 aliphatic rings. The van der Waals surface area contributed by atoms with Gasteiger partial charge in [0.05, 0.1) is 17.1 Å². The van der Waals surface area contributed by atoms with E-state index >= 15 is 0 Å². The van der Waals surface area contributed by atoms with Gasteiger partial charge < -0.3 is 10.1 Å². The second-order valence-corrected chi connectivity index (χ2v) is 5.40. The van der Waals surface area contributed by atoms with Gasteiger partial charge in [0.1, 0.15) is 5.82 Å². The van der Waals surface area contributed by atoms with Gasteiger partial charge in [-0.1, -0.05) is 41.4 Å². The number of nitrogens with one attached hydrogen (secondary N) is 1. The van der Waals surface area contributed by atoms with Crippen LogP contribution in [-0.4, -0.2) is 18.5 Å². The van der Waals surface area contributed by atoms with Crippen molar-refractivity contribution in [3.8, 4) is 0 Å². The number of halogens is 2. The second-order valence-electron chi connectivity index (χ2n) is 5.00. The Morgan fingerprint density at radius 3 is 2.52 bits per heavy atom. The molecule has 0 atom stereocenters. The fraction of sp³-hybridized carbons (Fsp3) is 0.176. The average molecular weight is 336 g/mol. The number of aryl methyl sites for hydroxylation is 1. The van der Waals surface area contributed by atoms with E-state index in [1.807, 2.05) is 31.2 Å². The number of esters is 1. The molecule has 0 heterocycles. The van der Waals surface area contributed by atoms with Crippen molar-refractivity contribution in [3.05, 3.63) is 64.4 Å². The molecule has 0 fully saturated rings. The van der Waals surface area contributed by atoms with Gasteiger partial charge in [0, 0.05) is 0 Å². The first-order chi connectivity index (χ1) is 10.9. The number of hydrogen-bond acceptors (Lipinski definition) is 3. The van der Waals surface area contributed by atoms with Crippen molar-refractivity contribution in [1.29, 1.82) is 0 Å². The molecule has 0 bridgehead atoms. The van der Waals surface area contributed by atoms with Gasteiger partial charge in [-0.3, -0.25) is 9.59 Å². The van der Waals surface area contributed by atoms with Crippen LogP contribution < -0.4 is 5.32 Å². The third kappa shape index (κ3) is 5.38. The number of hydrogen-bond donors (Lipinski definition) is 1. The van der Waals surface area contributed by atoms with Gasteiger partial charge in [-0.05, 0) is 30.7 Å². The molecule has 0 aliphatic heterocycles. The molecule has 1 amide bonds. The second kappa shape index (κ2) is 7.74. The highest BCUT2D eigenvalue weighted by molar-refractivity contribution is 6.33. The number of carbonyl (C=O) groups excluding carboxylic acids is 2. The Morgan fingerprint density at radius 2 is 1.87 bits per heavy atom. The first-order valence-electron chi connectivity index (χ1n) is 6.90. The van der Waals surface area contributed by atoms with Gasteiger partial charge in [-0.25, -0.2) is 4.39 Å². The molecule has 4 nitrogen and oxygen atoms in total. The quantitative estimate of drug-likeness (QED) is 0.851. The number of carbonyl (C=O) groups is 2. The minimum atomic E-state index is -0.546. The van der Waals surface area contributed by atoms with Crippen LogP contribution in [0.3, 0.4) is 0 Å². The van der Waals surface area contributed by atoms with Gasteiger partial charge >= 0.3 is 5.97 Å². The highest BCUT2D eigenvalue weighted by Crippen LogP contribution is 2.22. The minimum absolute atomic E-state index is 0.0735. The fourth-order valence-electron chi connectivity index (χ4n) is 1.85.